The Morgan fingerprint density at radius 3 is 2.29 bits per heavy atom. The molecule has 0 heterocycles. The van der Waals surface area contributed by atoms with Crippen LogP contribution in [0, 0.1) is 5.82 Å². The molecule has 4 aromatic rings. The summed E-state index contributed by atoms with van der Waals surface area (Å²) in [6.45, 7) is 0. The lowest BCUT2D eigenvalue weighted by molar-refractivity contribution is 0.102. The van der Waals surface area contributed by atoms with Crippen molar-refractivity contribution in [2.75, 3.05) is 5.32 Å². The van der Waals surface area contributed by atoms with Crippen LogP contribution in [0.1, 0.15) is 10.4 Å². The van der Waals surface area contributed by atoms with Gasteiger partial charge in [-0.05, 0) is 40.4 Å². The van der Waals surface area contributed by atoms with Gasteiger partial charge in [-0.25, -0.2) is 4.39 Å². The molecule has 2 nitrogen and oxygen atoms in total. The molecule has 0 saturated heterocycles. The Morgan fingerprint density at radius 1 is 0.750 bits per heavy atom. The summed E-state index contributed by atoms with van der Waals surface area (Å²) in [7, 11) is 0. The first-order valence-corrected chi connectivity index (χ1v) is 7.70. The summed E-state index contributed by atoms with van der Waals surface area (Å²) in [5, 5.41) is 6.12. The lowest BCUT2D eigenvalue weighted by Gasteiger charge is -2.09. The zero-order valence-electron chi connectivity index (χ0n) is 12.8. The summed E-state index contributed by atoms with van der Waals surface area (Å²) < 4.78 is 13.9. The van der Waals surface area contributed by atoms with Gasteiger partial charge in [-0.15, -0.1) is 0 Å². The molecule has 0 atom stereocenters. The van der Waals surface area contributed by atoms with Crippen molar-refractivity contribution in [3.05, 3.63) is 90.2 Å². The van der Waals surface area contributed by atoms with Crippen LogP contribution >= 0.6 is 0 Å². The van der Waals surface area contributed by atoms with Crippen molar-refractivity contribution in [3.63, 3.8) is 0 Å². The Bertz CT molecular complexity index is 1070. The lowest BCUT2D eigenvalue weighted by Crippen LogP contribution is -2.12. The normalized spacial score (nSPS) is 10.9. The number of fused-ring (bicyclic) bond motifs is 2. The monoisotopic (exact) mass is 315 g/mol. The van der Waals surface area contributed by atoms with Gasteiger partial charge in [0, 0.05) is 16.6 Å². The van der Waals surface area contributed by atoms with Crippen LogP contribution in [0.2, 0.25) is 0 Å². The van der Waals surface area contributed by atoms with E-state index in [9.17, 15) is 9.18 Å². The smallest absolute Gasteiger partial charge is 0.256 e. The third kappa shape index (κ3) is 2.50. The van der Waals surface area contributed by atoms with Gasteiger partial charge in [-0.2, -0.15) is 0 Å². The molecule has 0 saturated carbocycles. The van der Waals surface area contributed by atoms with Crippen LogP contribution in [-0.4, -0.2) is 5.91 Å². The topological polar surface area (TPSA) is 29.1 Å². The van der Waals surface area contributed by atoms with Gasteiger partial charge >= 0.3 is 0 Å². The largest absolute Gasteiger partial charge is 0.322 e. The van der Waals surface area contributed by atoms with Crippen LogP contribution in [0.25, 0.3) is 21.5 Å². The summed E-state index contributed by atoms with van der Waals surface area (Å²) in [5.41, 5.74) is 1.17. The quantitative estimate of drug-likeness (QED) is 0.528. The molecule has 0 radical (unpaired) electrons. The van der Waals surface area contributed by atoms with E-state index in [0.717, 1.165) is 10.8 Å². The highest BCUT2D eigenvalue weighted by molar-refractivity contribution is 6.13. The summed E-state index contributed by atoms with van der Waals surface area (Å²) in [4.78, 5) is 12.6. The number of rotatable bonds is 2. The van der Waals surface area contributed by atoms with E-state index >= 15 is 0 Å². The fraction of sp³-hybridized carbons (Fsp3) is 0. The van der Waals surface area contributed by atoms with Crippen molar-refractivity contribution >= 4 is 33.1 Å². The average molecular weight is 315 g/mol. The fourth-order valence-electron chi connectivity index (χ4n) is 2.93. The SMILES string of the molecule is O=C(Nc1ccc2ccccc2c1)c1ccc(F)c2ccccc12. The molecule has 4 rings (SSSR count). The predicted molar refractivity (Wildman–Crippen MR) is 95.8 cm³/mol. The van der Waals surface area contributed by atoms with Crippen molar-refractivity contribution in [1.29, 1.82) is 0 Å². The van der Waals surface area contributed by atoms with Gasteiger partial charge in [-0.3, -0.25) is 4.79 Å². The molecule has 0 aliphatic carbocycles. The zero-order chi connectivity index (χ0) is 16.5. The van der Waals surface area contributed by atoms with Crippen molar-refractivity contribution in [1.82, 2.24) is 0 Å². The van der Waals surface area contributed by atoms with Gasteiger partial charge in [-0.1, -0.05) is 54.6 Å². The second-order valence-electron chi connectivity index (χ2n) is 5.66. The fourth-order valence-corrected chi connectivity index (χ4v) is 2.93. The Hall–Kier alpha value is -3.20. The van der Waals surface area contributed by atoms with Gasteiger partial charge < -0.3 is 5.32 Å². The molecule has 1 amide bonds. The Balaban J connectivity index is 1.72. The summed E-state index contributed by atoms with van der Waals surface area (Å²) >= 11 is 0. The Labute approximate surface area is 138 Å². The van der Waals surface area contributed by atoms with Crippen molar-refractivity contribution in [2.45, 2.75) is 0 Å². The molecule has 0 aromatic heterocycles. The van der Waals surface area contributed by atoms with Crippen molar-refractivity contribution < 1.29 is 9.18 Å². The van der Waals surface area contributed by atoms with E-state index in [-0.39, 0.29) is 11.7 Å². The maximum absolute atomic E-state index is 13.9. The molecule has 1 N–H and O–H groups in total. The van der Waals surface area contributed by atoms with Crippen LogP contribution in [0.3, 0.4) is 0 Å². The van der Waals surface area contributed by atoms with Gasteiger partial charge in [0.2, 0.25) is 0 Å². The third-order valence-electron chi connectivity index (χ3n) is 4.12. The molecule has 0 aliphatic heterocycles. The molecular weight excluding hydrogens is 301 g/mol. The number of halogens is 1. The van der Waals surface area contributed by atoms with Gasteiger partial charge in [0.15, 0.2) is 0 Å². The number of amides is 1. The first-order chi connectivity index (χ1) is 11.7. The van der Waals surface area contributed by atoms with E-state index < -0.39 is 0 Å². The molecule has 116 valence electrons. The number of anilines is 1. The molecule has 0 unspecified atom stereocenters. The molecule has 0 bridgehead atoms. The van der Waals surface area contributed by atoms with E-state index in [4.69, 9.17) is 0 Å². The van der Waals surface area contributed by atoms with E-state index in [0.29, 0.717) is 22.0 Å². The molecule has 0 spiro atoms. The third-order valence-corrected chi connectivity index (χ3v) is 4.12. The average Bonchev–Trinajstić information content (AvgIpc) is 2.62. The maximum Gasteiger partial charge on any atom is 0.256 e. The minimum absolute atomic E-state index is 0.249. The molecule has 3 heteroatoms. The number of benzene rings is 4. The number of nitrogens with one attached hydrogen (secondary N) is 1. The number of carbonyl (C=O) groups excluding carboxylic acids is 1. The lowest BCUT2D eigenvalue weighted by atomic mass is 10.0. The highest BCUT2D eigenvalue weighted by atomic mass is 19.1. The minimum Gasteiger partial charge on any atom is -0.322 e. The Morgan fingerprint density at radius 2 is 1.46 bits per heavy atom. The van der Waals surface area contributed by atoms with Gasteiger partial charge in [0.05, 0.1) is 0 Å². The summed E-state index contributed by atoms with van der Waals surface area (Å²) in [6, 6.07) is 23.6. The van der Waals surface area contributed by atoms with Crippen LogP contribution in [0.15, 0.2) is 78.9 Å². The molecule has 24 heavy (non-hydrogen) atoms. The maximum atomic E-state index is 13.9. The van der Waals surface area contributed by atoms with Crippen molar-refractivity contribution in [2.24, 2.45) is 0 Å². The summed E-state index contributed by atoms with van der Waals surface area (Å²) in [5.74, 6) is -0.575. The van der Waals surface area contributed by atoms with E-state index in [1.807, 2.05) is 42.5 Å². The van der Waals surface area contributed by atoms with Gasteiger partial charge in [0.25, 0.3) is 5.91 Å². The first kappa shape index (κ1) is 14.4. The zero-order valence-corrected chi connectivity index (χ0v) is 12.8. The second-order valence-corrected chi connectivity index (χ2v) is 5.66. The highest BCUT2D eigenvalue weighted by Gasteiger charge is 2.12. The van der Waals surface area contributed by atoms with Crippen LogP contribution in [-0.2, 0) is 0 Å². The summed E-state index contributed by atoms with van der Waals surface area (Å²) in [6.07, 6.45) is 0. The van der Waals surface area contributed by atoms with E-state index in [1.54, 1.807) is 24.3 Å². The molecule has 0 aliphatic rings. The van der Waals surface area contributed by atoms with E-state index in [2.05, 4.69) is 5.32 Å². The number of hydrogen-bond acceptors (Lipinski definition) is 1. The van der Waals surface area contributed by atoms with Crippen molar-refractivity contribution in [3.8, 4) is 0 Å². The predicted octanol–water partition coefficient (Wildman–Crippen LogP) is 5.38. The van der Waals surface area contributed by atoms with Crippen LogP contribution in [0.5, 0.6) is 0 Å². The Kier molecular flexibility index (Phi) is 3.47. The number of hydrogen-bond donors (Lipinski definition) is 1. The first-order valence-electron chi connectivity index (χ1n) is 7.70. The number of carbonyl (C=O) groups is 1. The van der Waals surface area contributed by atoms with Gasteiger partial charge in [0.1, 0.15) is 5.82 Å². The molecule has 0 fully saturated rings. The molecular formula is C21H14FNO. The van der Waals surface area contributed by atoms with Crippen LogP contribution in [0.4, 0.5) is 10.1 Å². The minimum atomic E-state index is -0.326. The van der Waals surface area contributed by atoms with E-state index in [1.165, 1.54) is 12.1 Å². The molecule has 4 aromatic carbocycles. The van der Waals surface area contributed by atoms with Crippen LogP contribution < -0.4 is 5.32 Å². The highest BCUT2D eigenvalue weighted by Crippen LogP contribution is 2.24. The standard InChI is InChI=1S/C21H14FNO/c22-20-12-11-19(17-7-3-4-8-18(17)20)21(24)23-16-10-9-14-5-1-2-6-15(14)13-16/h1-13H,(H,23,24). The second kappa shape index (κ2) is 5.78.